The summed E-state index contributed by atoms with van der Waals surface area (Å²) in [7, 11) is 0. The fraction of sp³-hybridized carbons (Fsp3) is 0.167. The molecule has 0 unspecified atom stereocenters. The van der Waals surface area contributed by atoms with Crippen molar-refractivity contribution in [1.29, 1.82) is 0 Å². The largest absolute Gasteiger partial charge is 0.378 e. The average Bonchev–Trinajstić information content (AvgIpc) is 2.38. The minimum absolute atomic E-state index is 0.722. The van der Waals surface area contributed by atoms with Gasteiger partial charge in [0.25, 0.3) is 0 Å². The Kier molecular flexibility index (Phi) is 3.77. The summed E-state index contributed by atoms with van der Waals surface area (Å²) < 4.78 is 0. The highest BCUT2D eigenvalue weighted by molar-refractivity contribution is 7.98. The molecule has 0 spiro atoms. The molecule has 3 nitrogen and oxygen atoms in total. The summed E-state index contributed by atoms with van der Waals surface area (Å²) in [6.07, 6.45) is 5.40. The first-order chi connectivity index (χ1) is 7.90. The minimum Gasteiger partial charge on any atom is -0.378 e. The smallest absolute Gasteiger partial charge is 0.115 e. The van der Waals surface area contributed by atoms with Crippen molar-refractivity contribution in [3.8, 4) is 0 Å². The van der Waals surface area contributed by atoms with Crippen LogP contribution in [0.5, 0.6) is 0 Å². The van der Waals surface area contributed by atoms with E-state index in [1.807, 2.05) is 18.2 Å². The first-order valence-electron chi connectivity index (χ1n) is 5.02. The maximum absolute atomic E-state index is 4.17. The Morgan fingerprint density at radius 3 is 2.88 bits per heavy atom. The molecule has 16 heavy (non-hydrogen) atoms. The van der Waals surface area contributed by atoms with Crippen molar-refractivity contribution in [3.63, 3.8) is 0 Å². The number of benzene rings is 1. The lowest BCUT2D eigenvalue weighted by atomic mass is 10.3. The van der Waals surface area contributed by atoms with E-state index in [9.17, 15) is 0 Å². The van der Waals surface area contributed by atoms with Crippen molar-refractivity contribution >= 4 is 17.4 Å². The second-order valence-corrected chi connectivity index (χ2v) is 4.10. The molecule has 2 aromatic rings. The molecule has 0 aliphatic heterocycles. The Balaban J connectivity index is 2.05. The van der Waals surface area contributed by atoms with E-state index in [-0.39, 0.29) is 0 Å². The number of nitrogens with one attached hydrogen (secondary N) is 1. The van der Waals surface area contributed by atoms with Crippen LogP contribution < -0.4 is 5.32 Å². The van der Waals surface area contributed by atoms with Gasteiger partial charge in [-0.05, 0) is 24.5 Å². The molecule has 1 aromatic carbocycles. The lowest BCUT2D eigenvalue weighted by Crippen LogP contribution is -2.02. The zero-order valence-corrected chi connectivity index (χ0v) is 9.87. The second-order valence-electron chi connectivity index (χ2n) is 3.25. The highest BCUT2D eigenvalue weighted by Gasteiger charge is 1.99. The molecular formula is C12H13N3S. The van der Waals surface area contributed by atoms with Crippen LogP contribution in [0.1, 0.15) is 5.69 Å². The third-order valence-electron chi connectivity index (χ3n) is 2.21. The predicted octanol–water partition coefficient (Wildman–Crippen LogP) is 2.81. The van der Waals surface area contributed by atoms with Gasteiger partial charge in [-0.25, -0.2) is 9.97 Å². The number of hydrogen-bond acceptors (Lipinski definition) is 4. The number of rotatable bonds is 4. The topological polar surface area (TPSA) is 37.8 Å². The lowest BCUT2D eigenvalue weighted by Gasteiger charge is -2.09. The van der Waals surface area contributed by atoms with Crippen molar-refractivity contribution in [3.05, 3.63) is 48.5 Å². The Bertz CT molecular complexity index is 445. The lowest BCUT2D eigenvalue weighted by molar-refractivity contribution is 1.00. The van der Waals surface area contributed by atoms with Crippen LogP contribution in [0.25, 0.3) is 0 Å². The first kappa shape index (κ1) is 11.0. The number of hydrogen-bond donors (Lipinski definition) is 1. The van der Waals surface area contributed by atoms with Crippen LogP contribution in [-0.2, 0) is 6.54 Å². The van der Waals surface area contributed by atoms with Gasteiger partial charge in [-0.1, -0.05) is 12.1 Å². The molecule has 1 N–H and O–H groups in total. The second kappa shape index (κ2) is 5.51. The molecule has 0 saturated carbocycles. The maximum Gasteiger partial charge on any atom is 0.115 e. The van der Waals surface area contributed by atoms with Crippen LogP contribution in [-0.4, -0.2) is 16.2 Å². The highest BCUT2D eigenvalue weighted by atomic mass is 32.2. The summed E-state index contributed by atoms with van der Waals surface area (Å²) in [5, 5.41) is 3.37. The summed E-state index contributed by atoms with van der Waals surface area (Å²) in [6, 6.07) is 10.2. The first-order valence-corrected chi connectivity index (χ1v) is 6.24. The molecule has 4 heteroatoms. The van der Waals surface area contributed by atoms with Crippen LogP contribution in [0, 0.1) is 0 Å². The summed E-state index contributed by atoms with van der Waals surface area (Å²) >= 11 is 1.74. The third kappa shape index (κ3) is 2.73. The molecule has 2 rings (SSSR count). The van der Waals surface area contributed by atoms with E-state index >= 15 is 0 Å². The van der Waals surface area contributed by atoms with E-state index in [2.05, 4.69) is 33.7 Å². The summed E-state index contributed by atoms with van der Waals surface area (Å²) in [5.41, 5.74) is 2.14. The van der Waals surface area contributed by atoms with Gasteiger partial charge < -0.3 is 5.32 Å². The van der Waals surface area contributed by atoms with Gasteiger partial charge in [-0.15, -0.1) is 11.8 Å². The van der Waals surface area contributed by atoms with Gasteiger partial charge in [0.1, 0.15) is 6.33 Å². The summed E-state index contributed by atoms with van der Waals surface area (Å²) in [5.74, 6) is 0. The molecule has 0 aliphatic carbocycles. The third-order valence-corrected chi connectivity index (χ3v) is 3.01. The van der Waals surface area contributed by atoms with Crippen LogP contribution in [0.4, 0.5) is 5.69 Å². The average molecular weight is 231 g/mol. The van der Waals surface area contributed by atoms with E-state index < -0.39 is 0 Å². The molecular weight excluding hydrogens is 218 g/mol. The highest BCUT2D eigenvalue weighted by Crippen LogP contribution is 2.24. The van der Waals surface area contributed by atoms with Gasteiger partial charge in [0.15, 0.2) is 0 Å². The number of para-hydroxylation sites is 1. The summed E-state index contributed by atoms with van der Waals surface area (Å²) in [6.45, 7) is 0.722. The van der Waals surface area contributed by atoms with Crippen molar-refractivity contribution < 1.29 is 0 Å². The van der Waals surface area contributed by atoms with Gasteiger partial charge in [0.2, 0.25) is 0 Å². The predicted molar refractivity (Wildman–Crippen MR) is 67.6 cm³/mol. The molecule has 0 saturated heterocycles. The quantitative estimate of drug-likeness (QED) is 0.821. The number of thioether (sulfide) groups is 1. The van der Waals surface area contributed by atoms with Crippen LogP contribution in [0.2, 0.25) is 0 Å². The molecule has 0 bridgehead atoms. The maximum atomic E-state index is 4.17. The molecule has 0 amide bonds. The Hall–Kier alpha value is -1.55. The normalized spacial score (nSPS) is 10.1. The minimum atomic E-state index is 0.722. The zero-order valence-electron chi connectivity index (χ0n) is 9.05. The molecule has 0 radical (unpaired) electrons. The fourth-order valence-corrected chi connectivity index (χ4v) is 1.97. The van der Waals surface area contributed by atoms with Crippen molar-refractivity contribution in [2.75, 3.05) is 11.6 Å². The van der Waals surface area contributed by atoms with Crippen molar-refractivity contribution in [1.82, 2.24) is 9.97 Å². The van der Waals surface area contributed by atoms with Crippen LogP contribution in [0.15, 0.2) is 47.8 Å². The molecule has 1 heterocycles. The Morgan fingerprint density at radius 2 is 2.12 bits per heavy atom. The van der Waals surface area contributed by atoms with Gasteiger partial charge in [-0.2, -0.15) is 0 Å². The monoisotopic (exact) mass is 231 g/mol. The van der Waals surface area contributed by atoms with Gasteiger partial charge in [0, 0.05) is 16.8 Å². The Labute approximate surface area is 99.3 Å². The zero-order chi connectivity index (χ0) is 11.2. The molecule has 82 valence electrons. The van der Waals surface area contributed by atoms with Crippen molar-refractivity contribution in [2.45, 2.75) is 11.4 Å². The molecule has 0 atom stereocenters. The fourth-order valence-electron chi connectivity index (χ4n) is 1.40. The number of aromatic nitrogens is 2. The van der Waals surface area contributed by atoms with Crippen LogP contribution >= 0.6 is 11.8 Å². The van der Waals surface area contributed by atoms with Gasteiger partial charge in [0.05, 0.1) is 12.2 Å². The van der Waals surface area contributed by atoms with Gasteiger partial charge >= 0.3 is 0 Å². The summed E-state index contributed by atoms with van der Waals surface area (Å²) in [4.78, 5) is 9.31. The van der Waals surface area contributed by atoms with E-state index in [1.54, 1.807) is 24.3 Å². The van der Waals surface area contributed by atoms with E-state index in [4.69, 9.17) is 0 Å². The van der Waals surface area contributed by atoms with Crippen LogP contribution in [0.3, 0.4) is 0 Å². The van der Waals surface area contributed by atoms with E-state index in [1.165, 1.54) is 4.90 Å². The SMILES string of the molecule is CSc1ccccc1NCc1ccncn1. The standard InChI is InChI=1S/C12H13N3S/c1-16-12-5-3-2-4-11(12)14-8-10-6-7-13-9-15-10/h2-7,9,14H,8H2,1H3. The Morgan fingerprint density at radius 1 is 1.25 bits per heavy atom. The molecule has 1 aromatic heterocycles. The van der Waals surface area contributed by atoms with Crippen molar-refractivity contribution in [2.24, 2.45) is 0 Å². The molecule has 0 aliphatic rings. The number of anilines is 1. The van der Waals surface area contributed by atoms with Gasteiger partial charge in [-0.3, -0.25) is 0 Å². The molecule has 0 fully saturated rings. The van der Waals surface area contributed by atoms with E-state index in [0.717, 1.165) is 17.9 Å². The number of nitrogens with zero attached hydrogens (tertiary/aromatic N) is 2. The van der Waals surface area contributed by atoms with E-state index in [0.29, 0.717) is 0 Å².